The van der Waals surface area contributed by atoms with E-state index in [-0.39, 0.29) is 12.6 Å². The van der Waals surface area contributed by atoms with Crippen molar-refractivity contribution in [1.82, 2.24) is 15.1 Å². The number of amides is 2. The van der Waals surface area contributed by atoms with E-state index >= 15 is 0 Å². The summed E-state index contributed by atoms with van der Waals surface area (Å²) in [4.78, 5) is 16.2. The van der Waals surface area contributed by atoms with Crippen LogP contribution in [0.3, 0.4) is 0 Å². The van der Waals surface area contributed by atoms with Crippen LogP contribution in [0.4, 0.5) is 4.79 Å². The Labute approximate surface area is 124 Å². The minimum atomic E-state index is 0.117. The number of hydrogen-bond donors (Lipinski definition) is 1. The van der Waals surface area contributed by atoms with E-state index in [1.54, 1.807) is 0 Å². The van der Waals surface area contributed by atoms with Gasteiger partial charge in [-0.3, -0.25) is 5.32 Å². The van der Waals surface area contributed by atoms with Gasteiger partial charge in [-0.1, -0.05) is 18.1 Å². The lowest BCUT2D eigenvalue weighted by Crippen LogP contribution is -2.51. The van der Waals surface area contributed by atoms with Gasteiger partial charge in [-0.25, -0.2) is 4.79 Å². The van der Waals surface area contributed by atoms with E-state index in [0.717, 1.165) is 30.8 Å². The Morgan fingerprint density at radius 2 is 2.38 bits per heavy atom. The first-order valence-electron chi connectivity index (χ1n) is 7.19. The summed E-state index contributed by atoms with van der Waals surface area (Å²) in [5.74, 6) is 3.19. The van der Waals surface area contributed by atoms with Crippen LogP contribution in [0.2, 0.25) is 0 Å². The number of nitrogens with zero attached hydrogens (tertiary/aromatic N) is 2. The highest BCUT2D eigenvalue weighted by molar-refractivity contribution is 5.76. The lowest BCUT2D eigenvalue weighted by molar-refractivity contribution is 0.116. The third kappa shape index (κ3) is 2.96. The van der Waals surface area contributed by atoms with Crippen molar-refractivity contribution in [3.8, 4) is 18.1 Å². The van der Waals surface area contributed by atoms with Gasteiger partial charge in [0.2, 0.25) is 0 Å². The van der Waals surface area contributed by atoms with Crippen LogP contribution in [0.5, 0.6) is 5.75 Å². The number of nitrogens with one attached hydrogen (secondary N) is 1. The number of carbonyl (C=O) groups excluding carboxylic acids is 1. The van der Waals surface area contributed by atoms with Crippen molar-refractivity contribution >= 4 is 6.03 Å². The molecule has 5 heteroatoms. The molecular weight excluding hydrogens is 266 g/mol. The Kier molecular flexibility index (Phi) is 3.98. The van der Waals surface area contributed by atoms with E-state index in [2.05, 4.69) is 11.2 Å². The van der Waals surface area contributed by atoms with Crippen LogP contribution in [0, 0.1) is 12.3 Å². The number of ether oxygens (including phenoxy) is 1. The molecule has 3 rings (SSSR count). The van der Waals surface area contributed by atoms with Crippen molar-refractivity contribution in [2.75, 3.05) is 26.4 Å². The third-order valence-electron chi connectivity index (χ3n) is 3.95. The molecule has 2 saturated heterocycles. The molecule has 1 N–H and O–H groups in total. The van der Waals surface area contributed by atoms with Crippen molar-refractivity contribution in [3.05, 3.63) is 29.8 Å². The zero-order valence-corrected chi connectivity index (χ0v) is 11.9. The molecule has 1 unspecified atom stereocenters. The summed E-state index contributed by atoms with van der Waals surface area (Å²) >= 11 is 0. The average Bonchev–Trinajstić information content (AvgIpc) is 2.98. The van der Waals surface area contributed by atoms with E-state index in [0.29, 0.717) is 19.3 Å². The van der Waals surface area contributed by atoms with E-state index in [1.807, 2.05) is 34.1 Å². The molecule has 0 radical (unpaired) electrons. The number of hydrogen-bond acceptors (Lipinski definition) is 3. The van der Waals surface area contributed by atoms with E-state index in [1.165, 1.54) is 0 Å². The summed E-state index contributed by atoms with van der Waals surface area (Å²) in [5.41, 5.74) is 1.06. The van der Waals surface area contributed by atoms with Crippen molar-refractivity contribution in [2.24, 2.45) is 0 Å². The molecule has 1 atom stereocenters. The molecule has 0 bridgehead atoms. The Hall–Kier alpha value is -2.19. The van der Waals surface area contributed by atoms with Crippen molar-refractivity contribution < 1.29 is 9.53 Å². The predicted molar refractivity (Wildman–Crippen MR) is 79.7 cm³/mol. The van der Waals surface area contributed by atoms with E-state index in [9.17, 15) is 4.79 Å². The largest absolute Gasteiger partial charge is 0.481 e. The lowest BCUT2D eigenvalue weighted by Gasteiger charge is -2.37. The van der Waals surface area contributed by atoms with Gasteiger partial charge in [-0.05, 0) is 24.1 Å². The molecular formula is C16H19N3O2. The monoisotopic (exact) mass is 285 g/mol. The van der Waals surface area contributed by atoms with Crippen LogP contribution < -0.4 is 10.1 Å². The fourth-order valence-electron chi connectivity index (χ4n) is 2.88. The summed E-state index contributed by atoms with van der Waals surface area (Å²) in [7, 11) is 0. The van der Waals surface area contributed by atoms with Gasteiger partial charge < -0.3 is 14.5 Å². The SMILES string of the molecule is C#CCOc1cccc(CN2CCC3CNCN3C2=O)c1. The van der Waals surface area contributed by atoms with Gasteiger partial charge in [0, 0.05) is 25.7 Å². The Bertz CT molecular complexity index is 567. The van der Waals surface area contributed by atoms with Gasteiger partial charge in [0.25, 0.3) is 0 Å². The van der Waals surface area contributed by atoms with Gasteiger partial charge in [0.1, 0.15) is 12.4 Å². The number of carbonyl (C=O) groups is 1. The maximum atomic E-state index is 12.4. The third-order valence-corrected chi connectivity index (χ3v) is 3.95. The summed E-state index contributed by atoms with van der Waals surface area (Å²) in [6, 6.07) is 8.23. The van der Waals surface area contributed by atoms with Crippen LogP contribution in [0.25, 0.3) is 0 Å². The standard InChI is InChI=1S/C16H19N3O2/c1-2-8-21-15-5-3-4-13(9-15)11-18-7-6-14-10-17-12-19(14)16(18)20/h1,3-5,9,14,17H,6-8,10-12H2. The molecule has 2 fully saturated rings. The van der Waals surface area contributed by atoms with Crippen LogP contribution in [-0.2, 0) is 6.54 Å². The first kappa shape index (κ1) is 13.8. The highest BCUT2D eigenvalue weighted by Crippen LogP contribution is 2.21. The number of urea groups is 1. The van der Waals surface area contributed by atoms with Crippen LogP contribution >= 0.6 is 0 Å². The number of fused-ring (bicyclic) bond motifs is 1. The second-order valence-corrected chi connectivity index (χ2v) is 5.37. The van der Waals surface area contributed by atoms with Crippen LogP contribution in [0.15, 0.2) is 24.3 Å². The normalized spacial score (nSPS) is 21.1. The molecule has 2 heterocycles. The average molecular weight is 285 g/mol. The quantitative estimate of drug-likeness (QED) is 0.847. The minimum Gasteiger partial charge on any atom is -0.481 e. The maximum Gasteiger partial charge on any atom is 0.321 e. The topological polar surface area (TPSA) is 44.8 Å². The molecule has 21 heavy (non-hydrogen) atoms. The molecule has 1 aromatic carbocycles. The summed E-state index contributed by atoms with van der Waals surface area (Å²) in [6.45, 7) is 3.24. The van der Waals surface area contributed by atoms with Crippen molar-refractivity contribution in [1.29, 1.82) is 0 Å². The smallest absolute Gasteiger partial charge is 0.321 e. The maximum absolute atomic E-state index is 12.4. The summed E-state index contributed by atoms with van der Waals surface area (Å²) < 4.78 is 5.42. The van der Waals surface area contributed by atoms with Crippen molar-refractivity contribution in [3.63, 3.8) is 0 Å². The zero-order chi connectivity index (χ0) is 14.7. The van der Waals surface area contributed by atoms with Gasteiger partial charge in [-0.2, -0.15) is 0 Å². The van der Waals surface area contributed by atoms with E-state index in [4.69, 9.17) is 11.2 Å². The van der Waals surface area contributed by atoms with Crippen LogP contribution in [0.1, 0.15) is 12.0 Å². The van der Waals surface area contributed by atoms with Crippen molar-refractivity contribution in [2.45, 2.75) is 19.0 Å². The predicted octanol–water partition coefficient (Wildman–Crippen LogP) is 1.26. The molecule has 5 nitrogen and oxygen atoms in total. The second-order valence-electron chi connectivity index (χ2n) is 5.37. The van der Waals surface area contributed by atoms with Crippen LogP contribution in [-0.4, -0.2) is 48.2 Å². The summed E-state index contributed by atoms with van der Waals surface area (Å²) in [5, 5.41) is 3.25. The molecule has 0 saturated carbocycles. The molecule has 2 aliphatic rings. The van der Waals surface area contributed by atoms with Gasteiger partial charge >= 0.3 is 6.03 Å². The second kappa shape index (κ2) is 6.06. The van der Waals surface area contributed by atoms with Gasteiger partial charge in [-0.15, -0.1) is 6.42 Å². The zero-order valence-electron chi connectivity index (χ0n) is 11.9. The summed E-state index contributed by atoms with van der Waals surface area (Å²) in [6.07, 6.45) is 6.21. The number of benzene rings is 1. The first-order valence-corrected chi connectivity index (χ1v) is 7.19. The molecule has 1 aromatic rings. The number of terminal acetylenes is 1. The first-order chi connectivity index (χ1) is 10.3. The Morgan fingerprint density at radius 1 is 1.48 bits per heavy atom. The minimum absolute atomic E-state index is 0.117. The molecule has 2 amide bonds. The fourth-order valence-corrected chi connectivity index (χ4v) is 2.88. The Balaban J connectivity index is 1.66. The molecule has 110 valence electrons. The lowest BCUT2D eigenvalue weighted by atomic mass is 10.1. The molecule has 0 aromatic heterocycles. The fraction of sp³-hybridized carbons (Fsp3) is 0.438. The van der Waals surface area contributed by atoms with Gasteiger partial charge in [0.15, 0.2) is 0 Å². The van der Waals surface area contributed by atoms with Gasteiger partial charge in [0.05, 0.1) is 6.67 Å². The Morgan fingerprint density at radius 3 is 3.24 bits per heavy atom. The van der Waals surface area contributed by atoms with E-state index < -0.39 is 0 Å². The molecule has 0 spiro atoms. The molecule has 2 aliphatic heterocycles. The highest BCUT2D eigenvalue weighted by Gasteiger charge is 2.35. The number of rotatable bonds is 4. The molecule has 0 aliphatic carbocycles. The highest BCUT2D eigenvalue weighted by atomic mass is 16.5.